The van der Waals surface area contributed by atoms with Crippen molar-refractivity contribution in [1.82, 2.24) is 15.0 Å². The van der Waals surface area contributed by atoms with Crippen LogP contribution in [-0.2, 0) is 5.41 Å². The molecule has 0 saturated heterocycles. The second-order valence-corrected chi connectivity index (χ2v) is 14.6. The first-order chi connectivity index (χ1) is 26.2. The fourth-order valence-corrected chi connectivity index (χ4v) is 9.46. The van der Waals surface area contributed by atoms with Crippen molar-refractivity contribution in [3.05, 3.63) is 197 Å². The Morgan fingerprint density at radius 3 is 1.75 bits per heavy atom. The average Bonchev–Trinajstić information content (AvgIpc) is 3.52. The van der Waals surface area contributed by atoms with Crippen LogP contribution in [0, 0.1) is 0 Å². The second-order valence-electron chi connectivity index (χ2n) is 13.6. The van der Waals surface area contributed by atoms with Crippen LogP contribution in [0.3, 0.4) is 0 Å². The SMILES string of the molecule is C1=Cc2ccc(-c3nc(-c4ccccc4)nc(-c4ccccc4)n3)cc2C2(c3ccccc31)c1ccccc1Sc1cc3c(cc12)oc1ccccc13. The topological polar surface area (TPSA) is 51.8 Å². The number of para-hydroxylation sites is 1. The molecule has 5 heteroatoms. The third kappa shape index (κ3) is 4.61. The van der Waals surface area contributed by atoms with Crippen LogP contribution in [0.15, 0.2) is 178 Å². The van der Waals surface area contributed by atoms with Crippen molar-refractivity contribution in [2.24, 2.45) is 0 Å². The number of hydrogen-bond acceptors (Lipinski definition) is 5. The van der Waals surface area contributed by atoms with Crippen LogP contribution < -0.4 is 0 Å². The van der Waals surface area contributed by atoms with Crippen LogP contribution in [0.4, 0.5) is 0 Å². The summed E-state index contributed by atoms with van der Waals surface area (Å²) in [5.74, 6) is 1.91. The highest BCUT2D eigenvalue weighted by Crippen LogP contribution is 2.59. The van der Waals surface area contributed by atoms with E-state index in [-0.39, 0.29) is 0 Å². The van der Waals surface area contributed by atoms with E-state index in [4.69, 9.17) is 19.4 Å². The Balaban J connectivity index is 1.23. The Hall–Kier alpha value is -6.56. The molecule has 0 N–H and O–H groups in total. The van der Waals surface area contributed by atoms with E-state index >= 15 is 0 Å². The van der Waals surface area contributed by atoms with E-state index in [9.17, 15) is 0 Å². The first-order valence-electron chi connectivity index (χ1n) is 17.8. The molecule has 11 rings (SSSR count). The lowest BCUT2D eigenvalue weighted by molar-refractivity contribution is 0.659. The highest BCUT2D eigenvalue weighted by molar-refractivity contribution is 7.99. The van der Waals surface area contributed by atoms with Crippen molar-refractivity contribution in [3.8, 4) is 34.2 Å². The maximum absolute atomic E-state index is 6.60. The lowest BCUT2D eigenvalue weighted by Crippen LogP contribution is -2.35. The Labute approximate surface area is 310 Å². The third-order valence-corrected chi connectivity index (χ3v) is 11.7. The Bertz CT molecular complexity index is 2880. The Morgan fingerprint density at radius 1 is 0.396 bits per heavy atom. The predicted molar refractivity (Wildman–Crippen MR) is 215 cm³/mol. The van der Waals surface area contributed by atoms with Gasteiger partial charge in [-0.15, -0.1) is 0 Å². The summed E-state index contributed by atoms with van der Waals surface area (Å²) in [5, 5.41) is 2.25. The van der Waals surface area contributed by atoms with Crippen LogP contribution in [-0.4, -0.2) is 15.0 Å². The predicted octanol–water partition coefficient (Wildman–Crippen LogP) is 12.1. The van der Waals surface area contributed by atoms with Gasteiger partial charge in [-0.05, 0) is 63.7 Å². The monoisotopic (exact) mass is 695 g/mol. The number of fused-ring (bicyclic) bond motifs is 11. The van der Waals surface area contributed by atoms with Gasteiger partial charge in [-0.25, -0.2) is 15.0 Å². The molecular weight excluding hydrogens is 667 g/mol. The minimum Gasteiger partial charge on any atom is -0.456 e. The van der Waals surface area contributed by atoms with E-state index < -0.39 is 5.41 Å². The van der Waals surface area contributed by atoms with Gasteiger partial charge in [0.25, 0.3) is 0 Å². The van der Waals surface area contributed by atoms with E-state index in [0.29, 0.717) is 17.5 Å². The summed E-state index contributed by atoms with van der Waals surface area (Å²) in [7, 11) is 0. The number of hydrogen-bond donors (Lipinski definition) is 0. The van der Waals surface area contributed by atoms with Gasteiger partial charge in [-0.2, -0.15) is 0 Å². The highest BCUT2D eigenvalue weighted by atomic mass is 32.2. The standard InChI is InChI=1S/C48H29N3OS/c1-3-14-32(15-4-1)45-49-46(33-16-5-2-6-17-33)51-47(50-45)34-26-25-31-24-23-30-13-7-9-19-37(30)48(39(31)27-34)38-20-10-12-22-43(38)53-44-28-36-35-18-8-11-21-41(35)52-42(36)29-40(44)48/h1-29H. The van der Waals surface area contributed by atoms with Gasteiger partial charge in [0.05, 0.1) is 5.41 Å². The molecule has 53 heavy (non-hydrogen) atoms. The normalized spacial score (nSPS) is 15.5. The molecule has 0 saturated carbocycles. The molecule has 1 atom stereocenters. The van der Waals surface area contributed by atoms with Gasteiger partial charge in [0.2, 0.25) is 0 Å². The number of furan rings is 1. The summed E-state index contributed by atoms with van der Waals surface area (Å²) >= 11 is 1.84. The van der Waals surface area contributed by atoms with Crippen molar-refractivity contribution >= 4 is 45.9 Å². The Kier molecular flexibility index (Phi) is 6.67. The zero-order valence-electron chi connectivity index (χ0n) is 28.4. The van der Waals surface area contributed by atoms with Crippen molar-refractivity contribution < 1.29 is 4.42 Å². The number of nitrogens with zero attached hydrogens (tertiary/aromatic N) is 3. The van der Waals surface area contributed by atoms with Gasteiger partial charge in [-0.3, -0.25) is 0 Å². The minimum absolute atomic E-state index is 0.628. The van der Waals surface area contributed by atoms with Crippen LogP contribution in [0.1, 0.15) is 33.4 Å². The molecule has 0 fully saturated rings. The summed E-state index contributed by atoms with van der Waals surface area (Å²) in [6.45, 7) is 0. The average molecular weight is 696 g/mol. The van der Waals surface area contributed by atoms with E-state index in [1.807, 2.05) is 78.5 Å². The lowest BCUT2D eigenvalue weighted by atomic mass is 9.63. The lowest BCUT2D eigenvalue weighted by Gasteiger charge is -2.42. The van der Waals surface area contributed by atoms with Crippen LogP contribution in [0.5, 0.6) is 0 Å². The van der Waals surface area contributed by atoms with Gasteiger partial charge >= 0.3 is 0 Å². The summed E-state index contributed by atoms with van der Waals surface area (Å²) in [5.41, 5.74) is 11.1. The van der Waals surface area contributed by atoms with Crippen LogP contribution >= 0.6 is 11.8 Å². The van der Waals surface area contributed by atoms with E-state index in [1.54, 1.807) is 0 Å². The number of benzene rings is 7. The fraction of sp³-hybridized carbons (Fsp3) is 0.0208. The Morgan fingerprint density at radius 2 is 1.00 bits per heavy atom. The molecule has 2 aromatic heterocycles. The van der Waals surface area contributed by atoms with E-state index in [1.165, 1.54) is 37.6 Å². The van der Waals surface area contributed by atoms with Gasteiger partial charge in [0, 0.05) is 37.3 Å². The number of aromatic nitrogens is 3. The molecule has 4 nitrogen and oxygen atoms in total. The molecule has 1 spiro atoms. The number of rotatable bonds is 3. The molecule has 7 aromatic carbocycles. The molecule has 1 aliphatic heterocycles. The smallest absolute Gasteiger partial charge is 0.164 e. The quantitative estimate of drug-likeness (QED) is 0.184. The first kappa shape index (κ1) is 30.1. The zero-order valence-corrected chi connectivity index (χ0v) is 29.2. The molecule has 0 bridgehead atoms. The summed E-state index contributed by atoms with van der Waals surface area (Å²) in [6.07, 6.45) is 4.52. The van der Waals surface area contributed by atoms with Crippen molar-refractivity contribution in [3.63, 3.8) is 0 Å². The van der Waals surface area contributed by atoms with Gasteiger partial charge < -0.3 is 4.42 Å². The molecule has 1 unspecified atom stereocenters. The first-order valence-corrected chi connectivity index (χ1v) is 18.6. The summed E-state index contributed by atoms with van der Waals surface area (Å²) in [6, 6.07) is 57.7. The molecule has 1 aliphatic carbocycles. The largest absolute Gasteiger partial charge is 0.456 e. The van der Waals surface area contributed by atoms with Crippen molar-refractivity contribution in [2.45, 2.75) is 15.2 Å². The van der Waals surface area contributed by atoms with Gasteiger partial charge in [0.1, 0.15) is 11.2 Å². The fourth-order valence-electron chi connectivity index (χ4n) is 8.25. The molecule has 248 valence electrons. The zero-order chi connectivity index (χ0) is 34.9. The summed E-state index contributed by atoms with van der Waals surface area (Å²) < 4.78 is 6.60. The van der Waals surface area contributed by atoms with E-state index in [0.717, 1.165) is 44.2 Å². The van der Waals surface area contributed by atoms with E-state index in [2.05, 4.69) is 109 Å². The molecule has 0 amide bonds. The third-order valence-electron chi connectivity index (χ3n) is 10.6. The van der Waals surface area contributed by atoms with Crippen molar-refractivity contribution in [2.75, 3.05) is 0 Å². The van der Waals surface area contributed by atoms with Crippen LogP contribution in [0.25, 0.3) is 68.3 Å². The highest BCUT2D eigenvalue weighted by Gasteiger charge is 2.47. The van der Waals surface area contributed by atoms with Crippen LogP contribution in [0.2, 0.25) is 0 Å². The van der Waals surface area contributed by atoms with Crippen molar-refractivity contribution in [1.29, 1.82) is 0 Å². The maximum atomic E-state index is 6.60. The molecule has 2 aliphatic rings. The molecular formula is C48H29N3OS. The molecule has 0 radical (unpaired) electrons. The second kappa shape index (κ2) is 11.7. The molecule has 9 aromatic rings. The minimum atomic E-state index is -0.673. The molecule has 3 heterocycles. The van der Waals surface area contributed by atoms with Gasteiger partial charge in [0.15, 0.2) is 17.5 Å². The summed E-state index contributed by atoms with van der Waals surface area (Å²) in [4.78, 5) is 17.7. The van der Waals surface area contributed by atoms with Gasteiger partial charge in [-0.1, -0.05) is 157 Å². The maximum Gasteiger partial charge on any atom is 0.164 e.